The molecule has 0 fully saturated rings. The molecule has 0 heterocycles. The highest BCUT2D eigenvalue weighted by molar-refractivity contribution is 7.81. The lowest BCUT2D eigenvalue weighted by Gasteiger charge is -2.20. The smallest absolute Gasteiger partial charge is 0.250 e. The zero-order valence-electron chi connectivity index (χ0n) is 14.6. The average Bonchev–Trinajstić information content (AvgIpc) is 2.44. The minimum absolute atomic E-state index is 0.274. The second kappa shape index (κ2) is 9.03. The number of allylic oxidation sites excluding steroid dienone is 1. The van der Waals surface area contributed by atoms with Gasteiger partial charge in [-0.1, -0.05) is 26.1 Å². The number of anilines is 2. The van der Waals surface area contributed by atoms with Crippen LogP contribution in [0.1, 0.15) is 37.6 Å². The van der Waals surface area contributed by atoms with Crippen LogP contribution in [0.5, 0.6) is 0 Å². The van der Waals surface area contributed by atoms with E-state index < -0.39 is 17.9 Å². The first kappa shape index (κ1) is 20.4. The van der Waals surface area contributed by atoms with Crippen molar-refractivity contribution in [1.82, 2.24) is 0 Å². The molecule has 0 unspecified atom stereocenters. The minimum Gasteiger partial charge on any atom is -0.402 e. The summed E-state index contributed by atoms with van der Waals surface area (Å²) < 4.78 is 0. The van der Waals surface area contributed by atoms with Crippen molar-refractivity contribution < 1.29 is 9.59 Å². The van der Waals surface area contributed by atoms with Crippen LogP contribution in [0.25, 0.3) is 0 Å². The fraction of sp³-hybridized carbons (Fsp3) is 0.353. The minimum atomic E-state index is -0.598. The van der Waals surface area contributed by atoms with Gasteiger partial charge in [-0.15, -0.1) is 0 Å². The molecule has 0 radical (unpaired) electrons. The highest BCUT2D eigenvalue weighted by Crippen LogP contribution is 2.23. The standard InChI is InChI=1S/C17H25N5O2S/c1-9(2)6-14(17(20)24)21-11-4-5-12(16(19)23)13(8-11)22-15(25)7-10(3)18/h4-5,7-9,14,21H,6,18H2,1-3H3,(H2,19,23)(H2,20,24)(H,22,25)/t14-/m1/s1. The van der Waals surface area contributed by atoms with Gasteiger partial charge >= 0.3 is 0 Å². The van der Waals surface area contributed by atoms with E-state index in [1.54, 1.807) is 31.2 Å². The van der Waals surface area contributed by atoms with Crippen LogP contribution in [-0.4, -0.2) is 22.8 Å². The summed E-state index contributed by atoms with van der Waals surface area (Å²) in [4.78, 5) is 23.6. The van der Waals surface area contributed by atoms with Gasteiger partial charge in [0, 0.05) is 11.4 Å². The van der Waals surface area contributed by atoms with Crippen LogP contribution in [0.4, 0.5) is 11.4 Å². The lowest BCUT2D eigenvalue weighted by Crippen LogP contribution is -2.36. The van der Waals surface area contributed by atoms with Gasteiger partial charge in [0.1, 0.15) is 11.0 Å². The van der Waals surface area contributed by atoms with Crippen molar-refractivity contribution in [3.63, 3.8) is 0 Å². The summed E-state index contributed by atoms with van der Waals surface area (Å²) in [6, 6.07) is 4.35. The van der Waals surface area contributed by atoms with Gasteiger partial charge in [-0.3, -0.25) is 9.59 Å². The number of hydrogen-bond donors (Lipinski definition) is 5. The molecule has 1 rings (SSSR count). The third-order valence-corrected chi connectivity index (χ3v) is 3.51. The number of benzene rings is 1. The van der Waals surface area contributed by atoms with Crippen LogP contribution in [0.15, 0.2) is 30.0 Å². The zero-order chi connectivity index (χ0) is 19.1. The maximum atomic E-state index is 11.6. The fourth-order valence-corrected chi connectivity index (χ4v) is 2.54. The average molecular weight is 363 g/mol. The number of primary amides is 2. The first-order valence-electron chi connectivity index (χ1n) is 7.84. The zero-order valence-corrected chi connectivity index (χ0v) is 15.4. The van der Waals surface area contributed by atoms with Crippen molar-refractivity contribution in [3.05, 3.63) is 35.5 Å². The number of hydrogen-bond acceptors (Lipinski definition) is 5. The van der Waals surface area contributed by atoms with Gasteiger partial charge in [-0.2, -0.15) is 0 Å². The molecule has 1 atom stereocenters. The van der Waals surface area contributed by atoms with Crippen molar-refractivity contribution in [2.75, 3.05) is 10.6 Å². The number of nitrogens with one attached hydrogen (secondary N) is 2. The number of amides is 2. The Hall–Kier alpha value is -2.61. The van der Waals surface area contributed by atoms with Gasteiger partial charge in [0.2, 0.25) is 5.91 Å². The molecule has 0 saturated heterocycles. The molecule has 0 aliphatic rings. The molecule has 0 aliphatic carbocycles. The van der Waals surface area contributed by atoms with Gasteiger partial charge in [-0.05, 0) is 43.5 Å². The molecule has 1 aromatic rings. The SMILES string of the molecule is CC(N)=CC(=S)Nc1cc(N[C@H](CC(C)C)C(N)=O)ccc1C(N)=O. The highest BCUT2D eigenvalue weighted by atomic mass is 32.1. The molecule has 7 nitrogen and oxygen atoms in total. The highest BCUT2D eigenvalue weighted by Gasteiger charge is 2.18. The monoisotopic (exact) mass is 363 g/mol. The third-order valence-electron chi connectivity index (χ3n) is 3.29. The first-order valence-corrected chi connectivity index (χ1v) is 8.25. The fourth-order valence-electron chi connectivity index (χ4n) is 2.25. The van der Waals surface area contributed by atoms with Crippen molar-refractivity contribution in [1.29, 1.82) is 0 Å². The van der Waals surface area contributed by atoms with Crippen molar-refractivity contribution in [2.45, 2.75) is 33.2 Å². The third kappa shape index (κ3) is 6.80. The van der Waals surface area contributed by atoms with Crippen LogP contribution in [-0.2, 0) is 4.79 Å². The molecule has 0 aliphatic heterocycles. The van der Waals surface area contributed by atoms with Gasteiger partial charge in [0.25, 0.3) is 5.91 Å². The Morgan fingerprint density at radius 3 is 2.36 bits per heavy atom. The van der Waals surface area contributed by atoms with Crippen LogP contribution in [0, 0.1) is 5.92 Å². The topological polar surface area (TPSA) is 136 Å². The Morgan fingerprint density at radius 1 is 1.24 bits per heavy atom. The van der Waals surface area contributed by atoms with Crippen molar-refractivity contribution in [2.24, 2.45) is 23.1 Å². The Balaban J connectivity index is 3.12. The molecular formula is C17H25N5O2S. The molecule has 25 heavy (non-hydrogen) atoms. The molecule has 0 aromatic heterocycles. The molecule has 0 bridgehead atoms. The molecule has 8 heteroatoms. The lowest BCUT2D eigenvalue weighted by molar-refractivity contribution is -0.119. The van der Waals surface area contributed by atoms with Crippen LogP contribution in [0.2, 0.25) is 0 Å². The van der Waals surface area contributed by atoms with Gasteiger partial charge in [0.05, 0.1) is 11.3 Å². The molecule has 1 aromatic carbocycles. The number of thiocarbonyl (C=S) groups is 1. The Kier molecular flexibility index (Phi) is 7.38. The maximum Gasteiger partial charge on any atom is 0.250 e. The van der Waals surface area contributed by atoms with E-state index in [0.29, 0.717) is 28.5 Å². The second-order valence-corrected chi connectivity index (χ2v) is 6.67. The Morgan fingerprint density at radius 2 is 1.88 bits per heavy atom. The summed E-state index contributed by atoms with van der Waals surface area (Å²) in [5.74, 6) is -0.754. The Labute approximate surface area is 153 Å². The quantitative estimate of drug-likeness (QED) is 0.352. The van der Waals surface area contributed by atoms with Gasteiger partial charge < -0.3 is 27.8 Å². The van der Waals surface area contributed by atoms with E-state index in [1.807, 2.05) is 13.8 Å². The van der Waals surface area contributed by atoms with E-state index in [1.165, 1.54) is 0 Å². The lowest BCUT2D eigenvalue weighted by atomic mass is 10.0. The number of carbonyl (C=O) groups is 2. The van der Waals surface area contributed by atoms with Crippen LogP contribution in [0.3, 0.4) is 0 Å². The summed E-state index contributed by atoms with van der Waals surface area (Å²) in [5, 5.41) is 6.01. The molecular weight excluding hydrogens is 338 g/mol. The maximum absolute atomic E-state index is 11.6. The van der Waals surface area contributed by atoms with Crippen molar-refractivity contribution >= 4 is 40.4 Å². The van der Waals surface area contributed by atoms with E-state index in [9.17, 15) is 9.59 Å². The number of carbonyl (C=O) groups excluding carboxylic acids is 2. The number of rotatable bonds is 8. The predicted molar refractivity (Wildman–Crippen MR) is 105 cm³/mol. The summed E-state index contributed by atoms with van der Waals surface area (Å²) in [7, 11) is 0. The molecule has 2 amide bonds. The van der Waals surface area contributed by atoms with E-state index in [4.69, 9.17) is 29.4 Å². The van der Waals surface area contributed by atoms with E-state index in [2.05, 4.69) is 10.6 Å². The molecule has 136 valence electrons. The second-order valence-electron chi connectivity index (χ2n) is 6.23. The van der Waals surface area contributed by atoms with Crippen LogP contribution >= 0.6 is 12.2 Å². The normalized spacial score (nSPS) is 12.6. The largest absolute Gasteiger partial charge is 0.402 e. The summed E-state index contributed by atoms with van der Waals surface area (Å²) in [6.07, 6.45) is 2.15. The van der Waals surface area contributed by atoms with Crippen molar-refractivity contribution in [3.8, 4) is 0 Å². The Bertz CT molecular complexity index is 696. The van der Waals surface area contributed by atoms with E-state index in [0.717, 1.165) is 0 Å². The number of nitrogens with two attached hydrogens (primary N) is 3. The molecule has 0 saturated carbocycles. The first-order chi connectivity index (χ1) is 11.6. The predicted octanol–water partition coefficient (Wildman–Crippen LogP) is 1.70. The summed E-state index contributed by atoms with van der Waals surface area (Å²) in [6.45, 7) is 5.70. The van der Waals surface area contributed by atoms with Crippen LogP contribution < -0.4 is 27.8 Å². The van der Waals surface area contributed by atoms with E-state index in [-0.39, 0.29) is 11.5 Å². The van der Waals surface area contributed by atoms with Gasteiger partial charge in [-0.25, -0.2) is 0 Å². The summed E-state index contributed by atoms with van der Waals surface area (Å²) in [5.41, 5.74) is 18.3. The summed E-state index contributed by atoms with van der Waals surface area (Å²) >= 11 is 5.17. The van der Waals surface area contributed by atoms with E-state index >= 15 is 0 Å². The van der Waals surface area contributed by atoms with Gasteiger partial charge in [0.15, 0.2) is 0 Å². The molecule has 8 N–H and O–H groups in total. The molecule has 0 spiro atoms.